The lowest BCUT2D eigenvalue weighted by molar-refractivity contribution is 0.658. The average molecular weight is 325 g/mol. The number of fused-ring (bicyclic) bond motifs is 1. The van der Waals surface area contributed by atoms with Gasteiger partial charge in [0.05, 0.1) is 0 Å². The molecule has 0 aliphatic heterocycles. The Morgan fingerprint density at radius 1 is 1.19 bits per heavy atom. The van der Waals surface area contributed by atoms with Gasteiger partial charge in [0.2, 0.25) is 0 Å². The van der Waals surface area contributed by atoms with Crippen LogP contribution in [-0.4, -0.2) is 17.3 Å². The predicted octanol–water partition coefficient (Wildman–Crippen LogP) is 4.48. The fourth-order valence-electron chi connectivity index (χ4n) is 2.08. The van der Waals surface area contributed by atoms with Gasteiger partial charge in [-0.25, -0.2) is 8.93 Å². The highest BCUT2D eigenvalue weighted by Gasteiger charge is 2.16. The SMILES string of the molecule is CCCCNS(=O)N(CCCC)c1cc2ccccc2s1. The summed E-state index contributed by atoms with van der Waals surface area (Å²) in [6.07, 6.45) is 4.32. The Hall–Kier alpha value is -0.910. The molecule has 1 aromatic heterocycles. The molecular formula is C16H24N2OS2. The molecule has 116 valence electrons. The van der Waals surface area contributed by atoms with Crippen LogP contribution in [0.1, 0.15) is 39.5 Å². The van der Waals surface area contributed by atoms with Crippen molar-refractivity contribution in [1.82, 2.24) is 4.72 Å². The van der Waals surface area contributed by atoms with Gasteiger partial charge >= 0.3 is 0 Å². The zero-order valence-electron chi connectivity index (χ0n) is 12.8. The molecule has 2 aromatic rings. The van der Waals surface area contributed by atoms with E-state index in [4.69, 9.17) is 0 Å². The van der Waals surface area contributed by atoms with Crippen molar-refractivity contribution in [3.05, 3.63) is 30.3 Å². The van der Waals surface area contributed by atoms with E-state index in [1.807, 2.05) is 10.4 Å². The second-order valence-electron chi connectivity index (χ2n) is 5.08. The maximum absolute atomic E-state index is 12.5. The molecular weight excluding hydrogens is 300 g/mol. The van der Waals surface area contributed by atoms with Gasteiger partial charge in [-0.15, -0.1) is 11.3 Å². The van der Waals surface area contributed by atoms with Crippen LogP contribution in [0, 0.1) is 0 Å². The molecule has 1 unspecified atom stereocenters. The van der Waals surface area contributed by atoms with Gasteiger partial charge in [0.25, 0.3) is 0 Å². The molecule has 21 heavy (non-hydrogen) atoms. The molecule has 1 atom stereocenters. The van der Waals surface area contributed by atoms with Crippen molar-refractivity contribution in [2.24, 2.45) is 0 Å². The maximum atomic E-state index is 12.5. The van der Waals surface area contributed by atoms with Crippen LogP contribution >= 0.6 is 11.3 Å². The van der Waals surface area contributed by atoms with Crippen LogP contribution in [0.25, 0.3) is 10.1 Å². The standard InChI is InChI=1S/C16H24N2OS2/c1-3-5-11-17-21(19)18(12-6-4-2)16-13-14-9-7-8-10-15(14)20-16/h7-10,13,17H,3-6,11-12H2,1-2H3. The molecule has 0 saturated carbocycles. The van der Waals surface area contributed by atoms with Crippen molar-refractivity contribution in [3.63, 3.8) is 0 Å². The van der Waals surface area contributed by atoms with E-state index in [2.05, 4.69) is 42.8 Å². The Labute approximate surface area is 134 Å². The van der Waals surface area contributed by atoms with Crippen LogP contribution in [0.3, 0.4) is 0 Å². The van der Waals surface area contributed by atoms with Crippen LogP contribution in [0.2, 0.25) is 0 Å². The molecule has 0 bridgehead atoms. The van der Waals surface area contributed by atoms with Crippen molar-refractivity contribution >= 4 is 37.6 Å². The van der Waals surface area contributed by atoms with Crippen molar-refractivity contribution in [3.8, 4) is 0 Å². The molecule has 0 aliphatic carbocycles. The van der Waals surface area contributed by atoms with Crippen LogP contribution in [-0.2, 0) is 11.2 Å². The van der Waals surface area contributed by atoms with Crippen molar-refractivity contribution in [1.29, 1.82) is 0 Å². The summed E-state index contributed by atoms with van der Waals surface area (Å²) in [5.41, 5.74) is 0. The Kier molecular flexibility index (Phi) is 6.67. The number of unbranched alkanes of at least 4 members (excludes halogenated alkanes) is 2. The van der Waals surface area contributed by atoms with Gasteiger partial charge in [0, 0.05) is 17.8 Å². The van der Waals surface area contributed by atoms with Gasteiger partial charge in [-0.3, -0.25) is 4.31 Å². The fourth-order valence-corrected chi connectivity index (χ4v) is 4.38. The van der Waals surface area contributed by atoms with Gasteiger partial charge in [-0.1, -0.05) is 44.9 Å². The quantitative estimate of drug-likeness (QED) is 0.678. The number of anilines is 1. The molecule has 1 N–H and O–H groups in total. The first-order valence-electron chi connectivity index (χ1n) is 7.67. The summed E-state index contributed by atoms with van der Waals surface area (Å²) in [6, 6.07) is 10.5. The highest BCUT2D eigenvalue weighted by atomic mass is 32.2. The van der Waals surface area contributed by atoms with Gasteiger partial charge in [0.15, 0.2) is 11.2 Å². The van der Waals surface area contributed by atoms with Crippen LogP contribution in [0.5, 0.6) is 0 Å². The van der Waals surface area contributed by atoms with Crippen molar-refractivity contribution in [2.45, 2.75) is 39.5 Å². The number of rotatable bonds is 9. The van der Waals surface area contributed by atoms with Gasteiger partial charge < -0.3 is 0 Å². The summed E-state index contributed by atoms with van der Waals surface area (Å²) in [5, 5.41) is 2.32. The molecule has 2 rings (SSSR count). The molecule has 1 aromatic carbocycles. The Balaban J connectivity index is 2.15. The lowest BCUT2D eigenvalue weighted by Gasteiger charge is -2.21. The average Bonchev–Trinajstić information content (AvgIpc) is 2.91. The summed E-state index contributed by atoms with van der Waals surface area (Å²) in [5.74, 6) is 0. The second-order valence-corrected chi connectivity index (χ2v) is 7.37. The lowest BCUT2D eigenvalue weighted by atomic mass is 10.3. The summed E-state index contributed by atoms with van der Waals surface area (Å²) < 4.78 is 18.9. The van der Waals surface area contributed by atoms with E-state index in [-0.39, 0.29) is 0 Å². The lowest BCUT2D eigenvalue weighted by Crippen LogP contribution is -2.36. The van der Waals surface area contributed by atoms with Crippen LogP contribution in [0.4, 0.5) is 5.00 Å². The summed E-state index contributed by atoms with van der Waals surface area (Å²) in [6.45, 7) is 5.94. The fraction of sp³-hybridized carbons (Fsp3) is 0.500. The number of nitrogens with zero attached hydrogens (tertiary/aromatic N) is 1. The molecule has 0 radical (unpaired) electrons. The minimum atomic E-state index is -1.14. The summed E-state index contributed by atoms with van der Waals surface area (Å²) in [7, 11) is 0. The number of benzene rings is 1. The maximum Gasteiger partial charge on any atom is 0.196 e. The third-order valence-electron chi connectivity index (χ3n) is 3.33. The Morgan fingerprint density at radius 3 is 2.67 bits per heavy atom. The van der Waals surface area contributed by atoms with E-state index < -0.39 is 11.2 Å². The molecule has 0 spiro atoms. The number of hydrogen-bond acceptors (Lipinski definition) is 2. The van der Waals surface area contributed by atoms with E-state index in [1.54, 1.807) is 11.3 Å². The zero-order valence-corrected chi connectivity index (χ0v) is 14.4. The van der Waals surface area contributed by atoms with Crippen LogP contribution < -0.4 is 9.03 Å². The molecule has 1 heterocycles. The first kappa shape index (κ1) is 16.5. The predicted molar refractivity (Wildman–Crippen MR) is 95.1 cm³/mol. The van der Waals surface area contributed by atoms with E-state index in [9.17, 15) is 4.21 Å². The summed E-state index contributed by atoms with van der Waals surface area (Å²) in [4.78, 5) is 0. The molecule has 5 heteroatoms. The molecule has 0 aliphatic rings. The van der Waals surface area contributed by atoms with E-state index in [0.717, 1.165) is 43.8 Å². The minimum absolute atomic E-state index is 0.802. The first-order valence-corrected chi connectivity index (χ1v) is 9.60. The zero-order chi connectivity index (χ0) is 15.1. The van der Waals surface area contributed by atoms with Crippen molar-refractivity contribution < 1.29 is 4.21 Å². The Bertz CT molecular complexity index is 549. The van der Waals surface area contributed by atoms with Crippen molar-refractivity contribution in [2.75, 3.05) is 17.4 Å². The Morgan fingerprint density at radius 2 is 1.95 bits per heavy atom. The second kappa shape index (κ2) is 8.51. The van der Waals surface area contributed by atoms with E-state index >= 15 is 0 Å². The highest BCUT2D eigenvalue weighted by molar-refractivity contribution is 7.84. The molecule has 3 nitrogen and oxygen atoms in total. The highest BCUT2D eigenvalue weighted by Crippen LogP contribution is 2.33. The van der Waals surface area contributed by atoms with Crippen LogP contribution in [0.15, 0.2) is 30.3 Å². The molecule has 0 saturated heterocycles. The minimum Gasteiger partial charge on any atom is -0.270 e. The van der Waals surface area contributed by atoms with Gasteiger partial charge in [0.1, 0.15) is 5.00 Å². The van der Waals surface area contributed by atoms with E-state index in [1.165, 1.54) is 10.1 Å². The smallest absolute Gasteiger partial charge is 0.196 e. The van der Waals surface area contributed by atoms with Gasteiger partial charge in [-0.2, -0.15) is 0 Å². The number of thiophene rings is 1. The monoisotopic (exact) mass is 324 g/mol. The molecule has 0 fully saturated rings. The largest absolute Gasteiger partial charge is 0.270 e. The third-order valence-corrected chi connectivity index (χ3v) is 5.81. The van der Waals surface area contributed by atoms with E-state index in [0.29, 0.717) is 0 Å². The molecule has 0 amide bonds. The first-order chi connectivity index (χ1) is 10.3. The summed E-state index contributed by atoms with van der Waals surface area (Å²) >= 11 is 0.572. The normalized spacial score (nSPS) is 12.7. The third kappa shape index (κ3) is 4.53. The van der Waals surface area contributed by atoms with Gasteiger partial charge in [-0.05, 0) is 30.4 Å². The number of nitrogens with one attached hydrogen (secondary N) is 1. The number of hydrogen-bond donors (Lipinski definition) is 1. The topological polar surface area (TPSA) is 32.3 Å².